The molecule has 0 aliphatic heterocycles. The molecule has 4 bridgehead atoms. The smallest absolute Gasteiger partial charge is 0.309 e. The van der Waals surface area contributed by atoms with E-state index in [1.807, 2.05) is 6.08 Å². The third-order valence-electron chi connectivity index (χ3n) is 5.21. The van der Waals surface area contributed by atoms with Gasteiger partial charge in [0.15, 0.2) is 0 Å². The van der Waals surface area contributed by atoms with Crippen LogP contribution in [0.1, 0.15) is 44.9 Å². The molecule has 4 saturated carbocycles. The van der Waals surface area contributed by atoms with Crippen LogP contribution in [0.5, 0.6) is 0 Å². The predicted octanol–water partition coefficient (Wildman–Crippen LogP) is 3.23. The Bertz CT molecular complexity index is 331. The minimum Gasteiger partial charge on any atom is -0.481 e. The van der Waals surface area contributed by atoms with Gasteiger partial charge in [0.05, 0.1) is 5.41 Å². The summed E-state index contributed by atoms with van der Waals surface area (Å²) in [5.41, 5.74) is -0.0721. The van der Waals surface area contributed by atoms with Gasteiger partial charge in [-0.2, -0.15) is 0 Å². The molecule has 4 aliphatic carbocycles. The summed E-state index contributed by atoms with van der Waals surface area (Å²) >= 11 is 0. The Morgan fingerprint density at radius 3 is 2.44 bits per heavy atom. The SMILES string of the molecule is C=CCC12C[C@H]3C[C@@H](C1)CC(C(=O)O)(C3)C2. The first kappa shape index (κ1) is 10.4. The number of aliphatic carboxylic acids is 1. The molecule has 0 heterocycles. The Hall–Kier alpha value is -0.790. The highest BCUT2D eigenvalue weighted by Crippen LogP contribution is 2.66. The highest BCUT2D eigenvalue weighted by molar-refractivity contribution is 5.75. The van der Waals surface area contributed by atoms with E-state index in [2.05, 4.69) is 6.58 Å². The fraction of sp³-hybridized carbons (Fsp3) is 0.786. The second kappa shape index (κ2) is 3.12. The predicted molar refractivity (Wildman–Crippen MR) is 62.0 cm³/mol. The molecular formula is C14H20O2. The van der Waals surface area contributed by atoms with Crippen LogP contribution in [0.25, 0.3) is 0 Å². The number of hydrogen-bond donors (Lipinski definition) is 1. The van der Waals surface area contributed by atoms with Crippen LogP contribution < -0.4 is 0 Å². The van der Waals surface area contributed by atoms with Gasteiger partial charge in [-0.1, -0.05) is 6.08 Å². The molecular weight excluding hydrogens is 200 g/mol. The van der Waals surface area contributed by atoms with Crippen LogP contribution in [0.3, 0.4) is 0 Å². The van der Waals surface area contributed by atoms with Crippen molar-refractivity contribution in [1.29, 1.82) is 0 Å². The van der Waals surface area contributed by atoms with E-state index >= 15 is 0 Å². The number of carbonyl (C=O) groups is 1. The van der Waals surface area contributed by atoms with Crippen molar-refractivity contribution < 1.29 is 9.90 Å². The minimum atomic E-state index is -0.532. The molecule has 1 N–H and O–H groups in total. The molecule has 0 saturated heterocycles. The van der Waals surface area contributed by atoms with Gasteiger partial charge in [0.2, 0.25) is 0 Å². The normalized spacial score (nSPS) is 49.2. The topological polar surface area (TPSA) is 37.3 Å². The van der Waals surface area contributed by atoms with Crippen molar-refractivity contribution in [2.75, 3.05) is 0 Å². The number of carboxylic acid groups (broad SMARTS) is 1. The maximum atomic E-state index is 11.6. The minimum absolute atomic E-state index is 0.296. The summed E-state index contributed by atoms with van der Waals surface area (Å²) in [5, 5.41) is 9.54. The second-order valence-corrected chi connectivity index (χ2v) is 6.54. The zero-order chi connectivity index (χ0) is 11.4. The van der Waals surface area contributed by atoms with Crippen molar-refractivity contribution >= 4 is 5.97 Å². The van der Waals surface area contributed by atoms with Gasteiger partial charge in [-0.15, -0.1) is 6.58 Å². The van der Waals surface area contributed by atoms with Crippen LogP contribution in [0, 0.1) is 22.7 Å². The highest BCUT2D eigenvalue weighted by Gasteiger charge is 2.60. The second-order valence-electron chi connectivity index (χ2n) is 6.54. The molecule has 4 fully saturated rings. The lowest BCUT2D eigenvalue weighted by atomic mass is 9.43. The Kier molecular flexibility index (Phi) is 2.02. The van der Waals surface area contributed by atoms with Gasteiger partial charge in [-0.3, -0.25) is 4.79 Å². The summed E-state index contributed by atoms with van der Waals surface area (Å²) in [6.45, 7) is 3.86. The molecule has 2 nitrogen and oxygen atoms in total. The highest BCUT2D eigenvalue weighted by atomic mass is 16.4. The maximum absolute atomic E-state index is 11.6. The van der Waals surface area contributed by atoms with Crippen LogP contribution in [0.4, 0.5) is 0 Å². The van der Waals surface area contributed by atoms with Crippen molar-refractivity contribution in [3.63, 3.8) is 0 Å². The molecule has 0 spiro atoms. The average Bonchev–Trinajstić information content (AvgIpc) is 2.14. The van der Waals surface area contributed by atoms with Crippen molar-refractivity contribution in [3.05, 3.63) is 12.7 Å². The lowest BCUT2D eigenvalue weighted by molar-refractivity contribution is -0.174. The van der Waals surface area contributed by atoms with E-state index in [4.69, 9.17) is 0 Å². The molecule has 2 unspecified atom stereocenters. The van der Waals surface area contributed by atoms with Crippen LogP contribution in [0.2, 0.25) is 0 Å². The number of carboxylic acids is 1. The number of rotatable bonds is 3. The molecule has 16 heavy (non-hydrogen) atoms. The molecule has 2 heteroatoms. The molecule has 0 aromatic rings. The largest absolute Gasteiger partial charge is 0.481 e. The van der Waals surface area contributed by atoms with Crippen LogP contribution >= 0.6 is 0 Å². The summed E-state index contributed by atoms with van der Waals surface area (Å²) in [4.78, 5) is 11.6. The molecule has 0 amide bonds. The molecule has 4 rings (SSSR count). The molecule has 4 aliphatic rings. The fourth-order valence-electron chi connectivity index (χ4n) is 5.25. The molecule has 0 aromatic heterocycles. The third-order valence-corrected chi connectivity index (χ3v) is 5.21. The van der Waals surface area contributed by atoms with Crippen LogP contribution in [-0.2, 0) is 4.79 Å². The standard InChI is InChI=1S/C14H20O2/c1-2-3-13-5-10-4-11(6-13)8-14(7-10,9-13)12(15)16/h2,10-11H,1,3-9H2,(H,15,16)/t10-,11+,13?,14?. The Morgan fingerprint density at radius 2 is 1.94 bits per heavy atom. The molecule has 0 radical (unpaired) electrons. The zero-order valence-electron chi connectivity index (χ0n) is 9.74. The fourth-order valence-corrected chi connectivity index (χ4v) is 5.25. The van der Waals surface area contributed by atoms with E-state index in [-0.39, 0.29) is 5.41 Å². The molecule has 0 aromatic carbocycles. The van der Waals surface area contributed by atoms with Gasteiger partial charge in [0.25, 0.3) is 0 Å². The van der Waals surface area contributed by atoms with Crippen molar-refractivity contribution in [3.8, 4) is 0 Å². The van der Waals surface area contributed by atoms with E-state index in [0.29, 0.717) is 17.3 Å². The monoisotopic (exact) mass is 220 g/mol. The molecule has 88 valence electrons. The van der Waals surface area contributed by atoms with Crippen LogP contribution in [-0.4, -0.2) is 11.1 Å². The first-order chi connectivity index (χ1) is 7.57. The van der Waals surface area contributed by atoms with E-state index in [9.17, 15) is 9.90 Å². The van der Waals surface area contributed by atoms with E-state index < -0.39 is 5.97 Å². The van der Waals surface area contributed by atoms with Crippen molar-refractivity contribution in [2.24, 2.45) is 22.7 Å². The van der Waals surface area contributed by atoms with Gasteiger partial charge >= 0.3 is 5.97 Å². The molecule has 4 atom stereocenters. The number of hydrogen-bond acceptors (Lipinski definition) is 1. The summed E-state index contributed by atoms with van der Waals surface area (Å²) < 4.78 is 0. The zero-order valence-corrected chi connectivity index (χ0v) is 9.74. The summed E-state index contributed by atoms with van der Waals surface area (Å²) in [7, 11) is 0. The van der Waals surface area contributed by atoms with Gasteiger partial charge in [0.1, 0.15) is 0 Å². The lowest BCUT2D eigenvalue weighted by Crippen LogP contribution is -2.54. The van der Waals surface area contributed by atoms with Gasteiger partial charge in [-0.25, -0.2) is 0 Å². The van der Waals surface area contributed by atoms with E-state index in [1.54, 1.807) is 0 Å². The third kappa shape index (κ3) is 1.28. The number of allylic oxidation sites excluding steroid dienone is 1. The van der Waals surface area contributed by atoms with E-state index in [0.717, 1.165) is 25.7 Å². The Balaban J connectivity index is 1.96. The summed E-state index contributed by atoms with van der Waals surface area (Å²) in [5.74, 6) is 0.824. The van der Waals surface area contributed by atoms with Gasteiger partial charge in [-0.05, 0) is 62.2 Å². The average molecular weight is 220 g/mol. The van der Waals surface area contributed by atoms with E-state index in [1.165, 1.54) is 19.3 Å². The first-order valence-corrected chi connectivity index (χ1v) is 6.42. The Morgan fingerprint density at radius 1 is 1.31 bits per heavy atom. The Labute approximate surface area is 96.7 Å². The quantitative estimate of drug-likeness (QED) is 0.741. The van der Waals surface area contributed by atoms with Crippen molar-refractivity contribution in [2.45, 2.75) is 44.9 Å². The summed E-state index contributed by atoms with van der Waals surface area (Å²) in [6, 6.07) is 0. The summed E-state index contributed by atoms with van der Waals surface area (Å²) in [6.07, 6.45) is 9.62. The van der Waals surface area contributed by atoms with Crippen LogP contribution in [0.15, 0.2) is 12.7 Å². The van der Waals surface area contributed by atoms with Gasteiger partial charge < -0.3 is 5.11 Å². The van der Waals surface area contributed by atoms with Crippen molar-refractivity contribution in [1.82, 2.24) is 0 Å². The first-order valence-electron chi connectivity index (χ1n) is 6.42. The maximum Gasteiger partial charge on any atom is 0.309 e. The van der Waals surface area contributed by atoms with Gasteiger partial charge in [0, 0.05) is 0 Å². The lowest BCUT2D eigenvalue weighted by Gasteiger charge is -2.60.